The van der Waals surface area contributed by atoms with Gasteiger partial charge in [0.25, 0.3) is 0 Å². The lowest BCUT2D eigenvalue weighted by molar-refractivity contribution is 0.354. The molecule has 0 radical (unpaired) electrons. The molecule has 7 nitrogen and oxygen atoms in total. The van der Waals surface area contributed by atoms with Crippen LogP contribution in [0.2, 0.25) is 0 Å². The minimum absolute atomic E-state index is 0. The van der Waals surface area contributed by atoms with Gasteiger partial charge in [0, 0.05) is 24.7 Å². The van der Waals surface area contributed by atoms with Crippen LogP contribution < -0.4 is 20.7 Å². The van der Waals surface area contributed by atoms with Gasteiger partial charge in [-0.1, -0.05) is 17.7 Å². The first-order chi connectivity index (χ1) is 14.9. The first-order valence-electron chi connectivity index (χ1n) is 10.6. The molecule has 0 unspecified atom stereocenters. The zero-order valence-corrected chi connectivity index (χ0v) is 20.8. The molecule has 0 saturated heterocycles. The molecule has 8 heteroatoms. The maximum absolute atomic E-state index is 13.4. The highest BCUT2D eigenvalue weighted by Gasteiger charge is 2.22. The third-order valence-corrected chi connectivity index (χ3v) is 5.96. The van der Waals surface area contributed by atoms with E-state index < -0.39 is 0 Å². The Hall–Kier alpha value is -3.03. The number of benzene rings is 2. The summed E-state index contributed by atoms with van der Waals surface area (Å²) >= 11 is 0. The van der Waals surface area contributed by atoms with Crippen molar-refractivity contribution < 1.29 is 14.9 Å². The highest BCUT2D eigenvalue weighted by Crippen LogP contribution is 2.37. The molecule has 0 amide bonds. The summed E-state index contributed by atoms with van der Waals surface area (Å²) in [7, 11) is 3.26. The van der Waals surface area contributed by atoms with E-state index >= 15 is 0 Å². The number of fused-ring (bicyclic) bond motifs is 3. The Morgan fingerprint density at radius 3 is 2.15 bits per heavy atom. The lowest BCUT2D eigenvalue weighted by Gasteiger charge is -2.24. The molecule has 0 bridgehead atoms. The molecule has 4 rings (SSSR count). The van der Waals surface area contributed by atoms with Crippen LogP contribution in [0.25, 0.3) is 11.3 Å². The van der Waals surface area contributed by atoms with Crippen molar-refractivity contribution >= 4 is 18.1 Å². The Morgan fingerprint density at radius 2 is 1.58 bits per heavy atom. The Balaban J connectivity index is 0.00000193. The molecule has 0 saturated carbocycles. The molecule has 178 valence electrons. The van der Waals surface area contributed by atoms with Gasteiger partial charge in [-0.2, -0.15) is 0 Å². The van der Waals surface area contributed by atoms with Crippen LogP contribution in [-0.4, -0.2) is 28.8 Å². The van der Waals surface area contributed by atoms with Crippen LogP contribution in [0.1, 0.15) is 29.2 Å². The normalized spacial score (nSPS) is 12.2. The van der Waals surface area contributed by atoms with E-state index in [4.69, 9.17) is 14.5 Å². The van der Waals surface area contributed by atoms with Crippen molar-refractivity contribution in [1.29, 1.82) is 0 Å². The van der Waals surface area contributed by atoms with Crippen molar-refractivity contribution in [2.45, 2.75) is 47.2 Å². The van der Waals surface area contributed by atoms with Gasteiger partial charge < -0.3 is 14.9 Å². The van der Waals surface area contributed by atoms with Crippen LogP contribution in [0.4, 0.5) is 5.69 Å². The molecule has 1 aliphatic rings. The van der Waals surface area contributed by atoms with Gasteiger partial charge >= 0.3 is 5.69 Å². The van der Waals surface area contributed by atoms with Gasteiger partial charge in [0.15, 0.2) is 11.5 Å². The molecule has 1 aromatic heterocycles. The molecular weight excluding hydrogens is 442 g/mol. The lowest BCUT2D eigenvalue weighted by Crippen LogP contribution is -2.41. The van der Waals surface area contributed by atoms with Gasteiger partial charge in [0.2, 0.25) is 0 Å². The number of aromatic nitrogens is 2. The van der Waals surface area contributed by atoms with Crippen LogP contribution >= 0.6 is 12.4 Å². The van der Waals surface area contributed by atoms with E-state index in [0.29, 0.717) is 30.1 Å². The maximum Gasteiger partial charge on any atom is 0.330 e. The third-order valence-electron chi connectivity index (χ3n) is 5.96. The number of ether oxygens (including phenoxy) is 2. The zero-order valence-electron chi connectivity index (χ0n) is 20.0. The average Bonchev–Trinajstić information content (AvgIpc) is 2.75. The number of hydrogen-bond acceptors (Lipinski definition) is 4. The van der Waals surface area contributed by atoms with Gasteiger partial charge in [-0.25, -0.2) is 9.79 Å². The van der Waals surface area contributed by atoms with E-state index in [1.807, 2.05) is 29.7 Å². The largest absolute Gasteiger partial charge is 0.493 e. The quantitative estimate of drug-likeness (QED) is 0.579. The summed E-state index contributed by atoms with van der Waals surface area (Å²) < 4.78 is 14.6. The highest BCUT2D eigenvalue weighted by atomic mass is 35.5. The molecule has 2 aromatic carbocycles. The van der Waals surface area contributed by atoms with Gasteiger partial charge in [0.05, 0.1) is 25.6 Å². The van der Waals surface area contributed by atoms with Crippen LogP contribution in [0.3, 0.4) is 0 Å². The molecule has 0 atom stereocenters. The van der Waals surface area contributed by atoms with Crippen molar-refractivity contribution in [2.24, 2.45) is 4.99 Å². The van der Waals surface area contributed by atoms with E-state index in [-0.39, 0.29) is 23.6 Å². The van der Waals surface area contributed by atoms with Crippen molar-refractivity contribution in [3.05, 3.63) is 68.6 Å². The first kappa shape index (κ1) is 26.2. The monoisotopic (exact) mass is 473 g/mol. The van der Waals surface area contributed by atoms with E-state index in [9.17, 15) is 4.79 Å². The van der Waals surface area contributed by atoms with E-state index in [1.54, 1.807) is 18.8 Å². The molecule has 3 aromatic rings. The van der Waals surface area contributed by atoms with Crippen LogP contribution in [-0.2, 0) is 19.5 Å². The first-order valence-corrected chi connectivity index (χ1v) is 10.6. The average molecular weight is 474 g/mol. The molecule has 33 heavy (non-hydrogen) atoms. The smallest absolute Gasteiger partial charge is 0.330 e. The number of methoxy groups -OCH3 is 2. The molecule has 0 aliphatic carbocycles. The predicted molar refractivity (Wildman–Crippen MR) is 133 cm³/mol. The molecule has 0 spiro atoms. The SMILES string of the molecule is CCn1c(=Nc2c(C)cc(C)cc2C)cc2n(c1=O)CCc1cc(OC)c(OC)cc1-2.Cl.O. The molecule has 0 fully saturated rings. The van der Waals surface area contributed by atoms with Crippen LogP contribution in [0.5, 0.6) is 11.5 Å². The van der Waals surface area contributed by atoms with Crippen molar-refractivity contribution in [1.82, 2.24) is 9.13 Å². The summed E-state index contributed by atoms with van der Waals surface area (Å²) in [4.78, 5) is 18.3. The summed E-state index contributed by atoms with van der Waals surface area (Å²) in [6.07, 6.45) is 0.763. The second-order valence-electron chi connectivity index (χ2n) is 8.04. The summed E-state index contributed by atoms with van der Waals surface area (Å²) in [6, 6.07) is 10.2. The van der Waals surface area contributed by atoms with E-state index in [0.717, 1.165) is 40.1 Å². The number of halogens is 1. The Kier molecular flexibility index (Phi) is 8.16. The summed E-state index contributed by atoms with van der Waals surface area (Å²) in [6.45, 7) is 9.37. The number of nitrogens with zero attached hydrogens (tertiary/aromatic N) is 3. The zero-order chi connectivity index (χ0) is 22.3. The lowest BCUT2D eigenvalue weighted by atomic mass is 9.97. The Bertz CT molecular complexity index is 1290. The summed E-state index contributed by atoms with van der Waals surface area (Å²) in [5, 5.41) is 0. The number of aryl methyl sites for hydroxylation is 4. The Morgan fingerprint density at radius 1 is 0.970 bits per heavy atom. The maximum atomic E-state index is 13.4. The minimum atomic E-state index is -0.0402. The fourth-order valence-electron chi connectivity index (χ4n) is 4.52. The van der Waals surface area contributed by atoms with Gasteiger partial charge in [-0.3, -0.25) is 9.13 Å². The summed E-state index contributed by atoms with van der Waals surface area (Å²) in [5.41, 5.74) is 7.93. The van der Waals surface area contributed by atoms with Crippen molar-refractivity contribution in [2.75, 3.05) is 14.2 Å². The summed E-state index contributed by atoms with van der Waals surface area (Å²) in [5.74, 6) is 1.35. The third kappa shape index (κ3) is 4.56. The topological polar surface area (TPSA) is 89.2 Å². The van der Waals surface area contributed by atoms with Crippen molar-refractivity contribution in [3.63, 3.8) is 0 Å². The highest BCUT2D eigenvalue weighted by molar-refractivity contribution is 5.85. The molecule has 2 N–H and O–H groups in total. The standard InChI is InChI=1S/C25H29N3O3.ClH.H2O/c1-7-27-23(26-24-16(3)10-15(2)11-17(24)4)14-20-19-13-22(31-6)21(30-5)12-18(19)8-9-28(20)25(27)29;;/h10-14H,7-9H2,1-6H3;1H;1H2. The van der Waals surface area contributed by atoms with E-state index in [2.05, 4.69) is 32.9 Å². The molecule has 1 aliphatic heterocycles. The second-order valence-corrected chi connectivity index (χ2v) is 8.04. The van der Waals surface area contributed by atoms with Gasteiger partial charge in [-0.05, 0) is 62.9 Å². The molecular formula is C25H32ClN3O4. The van der Waals surface area contributed by atoms with Crippen LogP contribution in [0, 0.1) is 20.8 Å². The number of hydrogen-bond donors (Lipinski definition) is 0. The van der Waals surface area contributed by atoms with Gasteiger partial charge in [0.1, 0.15) is 5.49 Å². The Labute approximate surface area is 200 Å². The number of rotatable bonds is 4. The van der Waals surface area contributed by atoms with Gasteiger partial charge in [-0.15, -0.1) is 12.4 Å². The van der Waals surface area contributed by atoms with Crippen molar-refractivity contribution in [3.8, 4) is 22.8 Å². The van der Waals surface area contributed by atoms with Crippen LogP contribution in [0.15, 0.2) is 40.1 Å². The second kappa shape index (κ2) is 10.3. The predicted octanol–water partition coefficient (Wildman–Crippen LogP) is 3.66. The molecule has 2 heterocycles. The minimum Gasteiger partial charge on any atom is -0.493 e. The fourth-order valence-corrected chi connectivity index (χ4v) is 4.52. The van der Waals surface area contributed by atoms with E-state index in [1.165, 1.54) is 5.56 Å². The fraction of sp³-hybridized carbons (Fsp3) is 0.360.